The smallest absolute Gasteiger partial charge is 0.317 e. The summed E-state index contributed by atoms with van der Waals surface area (Å²) >= 11 is 0. The molecule has 60 valence electrons. The average molecular weight is 190 g/mol. The van der Waals surface area contributed by atoms with Crippen molar-refractivity contribution in [1.29, 1.82) is 5.41 Å². The van der Waals surface area contributed by atoms with Gasteiger partial charge in [0.1, 0.15) is 0 Å². The maximum Gasteiger partial charge on any atom is 0.469 e. The van der Waals surface area contributed by atoms with Crippen molar-refractivity contribution in [1.82, 2.24) is 0 Å². The van der Waals surface area contributed by atoms with Gasteiger partial charge in [-0.1, -0.05) is 0 Å². The molecule has 0 fully saturated rings. The van der Waals surface area contributed by atoms with Crippen LogP contribution in [-0.4, -0.2) is 29.7 Å². The van der Waals surface area contributed by atoms with E-state index in [1.165, 1.54) is 0 Å². The lowest BCUT2D eigenvalue weighted by Crippen LogP contribution is -2.03. The normalized spacial score (nSPS) is 13.3. The molecule has 0 aromatic carbocycles. The SMILES string of the molecule is N=C(P(=O)(O)O)[P+](O)(O)O. The summed E-state index contributed by atoms with van der Waals surface area (Å²) in [4.78, 5) is 40.5. The number of hydrogen-bond acceptors (Lipinski definition) is 5. The standard InChI is InChI=1S/CH5NO6P2/c2-1(9(3,4)5)10(6,7)8/h2-5H,(H-,6,7,8)/p+1. The lowest BCUT2D eigenvalue weighted by atomic mass is 11.7. The maximum atomic E-state index is 10.00. The van der Waals surface area contributed by atoms with E-state index >= 15 is 0 Å². The zero-order valence-corrected chi connectivity index (χ0v) is 6.33. The Morgan fingerprint density at radius 2 is 1.60 bits per heavy atom. The van der Waals surface area contributed by atoms with Gasteiger partial charge in [-0.2, -0.15) is 14.7 Å². The number of rotatable bonds is 2. The summed E-state index contributed by atoms with van der Waals surface area (Å²) in [6.45, 7) is 0. The molecule has 10 heavy (non-hydrogen) atoms. The van der Waals surface area contributed by atoms with E-state index in [1.54, 1.807) is 0 Å². The summed E-state index contributed by atoms with van der Waals surface area (Å²) in [5.74, 6) is 0. The Bertz CT molecular complexity index is 186. The van der Waals surface area contributed by atoms with Crippen LogP contribution in [0.4, 0.5) is 0 Å². The lowest BCUT2D eigenvalue weighted by molar-refractivity contribution is 0.348. The summed E-state index contributed by atoms with van der Waals surface area (Å²) in [6, 6.07) is 0. The van der Waals surface area contributed by atoms with Gasteiger partial charge in [-0.05, 0) is 0 Å². The zero-order chi connectivity index (χ0) is 8.58. The van der Waals surface area contributed by atoms with E-state index in [9.17, 15) is 4.57 Å². The molecule has 0 aliphatic rings. The van der Waals surface area contributed by atoms with Gasteiger partial charge in [0, 0.05) is 0 Å². The molecule has 0 atom stereocenters. The summed E-state index contributed by atoms with van der Waals surface area (Å²) in [6.07, 6.45) is 0. The van der Waals surface area contributed by atoms with Crippen molar-refractivity contribution in [3.63, 3.8) is 0 Å². The molecule has 0 saturated heterocycles. The van der Waals surface area contributed by atoms with Gasteiger partial charge in [0.05, 0.1) is 0 Å². The fourth-order valence-electron chi connectivity index (χ4n) is 0.175. The summed E-state index contributed by atoms with van der Waals surface area (Å²) in [5.41, 5.74) is 0. The second-order valence-corrected chi connectivity index (χ2v) is 4.91. The molecule has 6 N–H and O–H groups in total. The fourth-order valence-corrected chi connectivity index (χ4v) is 1.57. The summed E-state index contributed by atoms with van der Waals surface area (Å²) < 4.78 is 10.00. The zero-order valence-electron chi connectivity index (χ0n) is 4.54. The van der Waals surface area contributed by atoms with Gasteiger partial charge in [-0.15, -0.1) is 0 Å². The Balaban J connectivity index is 4.57. The molecule has 0 aliphatic heterocycles. The van der Waals surface area contributed by atoms with Crippen molar-refractivity contribution >= 4 is 20.7 Å². The van der Waals surface area contributed by atoms with Crippen LogP contribution in [0.15, 0.2) is 0 Å². The number of hydrogen-bond donors (Lipinski definition) is 6. The molecular weight excluding hydrogens is 184 g/mol. The molecule has 0 aromatic rings. The molecule has 0 amide bonds. The van der Waals surface area contributed by atoms with Crippen LogP contribution in [0, 0.1) is 5.41 Å². The highest BCUT2D eigenvalue weighted by Crippen LogP contribution is 2.59. The van der Waals surface area contributed by atoms with Crippen molar-refractivity contribution in [2.45, 2.75) is 0 Å². The summed E-state index contributed by atoms with van der Waals surface area (Å²) in [7, 11) is -9.80. The van der Waals surface area contributed by atoms with Gasteiger partial charge in [-0.3, -0.25) is 5.41 Å². The second kappa shape index (κ2) is 2.64. The highest BCUT2D eigenvalue weighted by Gasteiger charge is 2.50. The van der Waals surface area contributed by atoms with Crippen LogP contribution in [-0.2, 0) is 4.57 Å². The highest BCUT2D eigenvalue weighted by atomic mass is 31.3. The van der Waals surface area contributed by atoms with E-state index in [0.717, 1.165) is 0 Å². The first kappa shape index (κ1) is 10.1. The van der Waals surface area contributed by atoms with Gasteiger partial charge in [0.15, 0.2) is 0 Å². The third-order valence-corrected chi connectivity index (χ3v) is 3.27. The van der Waals surface area contributed by atoms with Crippen molar-refractivity contribution < 1.29 is 29.0 Å². The Morgan fingerprint density at radius 3 is 1.60 bits per heavy atom. The molecule has 0 bridgehead atoms. The third-order valence-electron chi connectivity index (χ3n) is 0.560. The van der Waals surface area contributed by atoms with E-state index in [0.29, 0.717) is 0 Å². The molecule has 7 nitrogen and oxygen atoms in total. The third kappa shape index (κ3) is 2.81. The van der Waals surface area contributed by atoms with E-state index < -0.39 is 20.7 Å². The largest absolute Gasteiger partial charge is 0.469 e. The van der Waals surface area contributed by atoms with Crippen LogP contribution < -0.4 is 0 Å². The molecule has 0 heterocycles. The first-order valence-corrected chi connectivity index (χ1v) is 5.14. The van der Waals surface area contributed by atoms with Crippen molar-refractivity contribution in [2.75, 3.05) is 0 Å². The van der Waals surface area contributed by atoms with E-state index in [2.05, 4.69) is 0 Å². The Hall–Kier alpha value is 0.130. The number of nitrogens with one attached hydrogen (secondary N) is 1. The van der Waals surface area contributed by atoms with Crippen molar-refractivity contribution in [3.8, 4) is 0 Å². The summed E-state index contributed by atoms with van der Waals surface area (Å²) in [5, 5.41) is 4.59. The van der Waals surface area contributed by atoms with Gasteiger partial charge in [-0.25, -0.2) is 4.57 Å². The fraction of sp³-hybridized carbons (Fsp3) is 0. The predicted molar refractivity (Wildman–Crippen MR) is 33.3 cm³/mol. The monoisotopic (exact) mass is 190 g/mol. The van der Waals surface area contributed by atoms with Crippen LogP contribution in [0.3, 0.4) is 0 Å². The van der Waals surface area contributed by atoms with Crippen LogP contribution >= 0.6 is 15.5 Å². The van der Waals surface area contributed by atoms with E-state index in [1.807, 2.05) is 0 Å². The van der Waals surface area contributed by atoms with Gasteiger partial charge < -0.3 is 9.79 Å². The highest BCUT2D eigenvalue weighted by molar-refractivity contribution is 8.00. The van der Waals surface area contributed by atoms with Crippen LogP contribution in [0.2, 0.25) is 0 Å². The molecular formula is CH6NO6P2+. The van der Waals surface area contributed by atoms with Gasteiger partial charge >= 0.3 is 20.7 Å². The van der Waals surface area contributed by atoms with Crippen molar-refractivity contribution in [2.24, 2.45) is 0 Å². The second-order valence-electron chi connectivity index (χ2n) is 1.44. The Labute approximate surface area is 56.2 Å². The lowest BCUT2D eigenvalue weighted by Gasteiger charge is -2.04. The van der Waals surface area contributed by atoms with Gasteiger partial charge in [0.25, 0.3) is 0 Å². The van der Waals surface area contributed by atoms with Crippen LogP contribution in [0.1, 0.15) is 0 Å². The molecule has 0 radical (unpaired) electrons. The van der Waals surface area contributed by atoms with Gasteiger partial charge in [0.2, 0.25) is 0 Å². The predicted octanol–water partition coefficient (Wildman–Crippen LogP) is -1.16. The maximum absolute atomic E-state index is 10.00. The molecule has 0 aliphatic carbocycles. The Kier molecular flexibility index (Phi) is 2.67. The van der Waals surface area contributed by atoms with Crippen LogP contribution in [0.25, 0.3) is 0 Å². The van der Waals surface area contributed by atoms with E-state index in [4.69, 9.17) is 29.9 Å². The van der Waals surface area contributed by atoms with Crippen LogP contribution in [0.5, 0.6) is 0 Å². The molecule has 0 unspecified atom stereocenters. The minimum atomic E-state index is -5.00. The quantitative estimate of drug-likeness (QED) is 0.239. The van der Waals surface area contributed by atoms with E-state index in [-0.39, 0.29) is 0 Å². The first-order chi connectivity index (χ1) is 4.15. The van der Waals surface area contributed by atoms with Crippen molar-refractivity contribution in [3.05, 3.63) is 0 Å². The molecule has 0 rings (SSSR count). The first-order valence-electron chi connectivity index (χ1n) is 1.88. The molecule has 0 saturated carbocycles. The minimum Gasteiger partial charge on any atom is -0.317 e. The average Bonchev–Trinajstić information content (AvgIpc) is 1.59. The minimum absolute atomic E-state index is 1.74. The molecule has 0 spiro atoms. The topological polar surface area (TPSA) is 142 Å². The molecule has 9 heteroatoms. The molecule has 0 aromatic heterocycles. The Morgan fingerprint density at radius 1 is 1.30 bits per heavy atom.